The molecule has 2 heterocycles. The summed E-state index contributed by atoms with van der Waals surface area (Å²) in [5.41, 5.74) is 2.16. The second-order valence-electron chi connectivity index (χ2n) is 6.63. The molecular formula is C22H27N3O3. The fraction of sp³-hybridized carbons (Fsp3) is 0.364. The zero-order valence-electron chi connectivity index (χ0n) is 16.5. The van der Waals surface area contributed by atoms with E-state index in [1.54, 1.807) is 13.2 Å². The van der Waals surface area contributed by atoms with Crippen LogP contribution in [0.5, 0.6) is 11.5 Å². The van der Waals surface area contributed by atoms with Crippen LogP contribution in [0.4, 0.5) is 0 Å². The number of benzene rings is 1. The summed E-state index contributed by atoms with van der Waals surface area (Å²) in [7, 11) is 1.62. The van der Waals surface area contributed by atoms with Gasteiger partial charge in [0.05, 0.1) is 13.7 Å². The number of methoxy groups -OCH3 is 1. The van der Waals surface area contributed by atoms with E-state index in [4.69, 9.17) is 9.47 Å². The number of hydrogen-bond acceptors (Lipinski definition) is 5. The van der Waals surface area contributed by atoms with Crippen molar-refractivity contribution in [2.45, 2.75) is 13.5 Å². The number of aromatic nitrogens is 1. The lowest BCUT2D eigenvalue weighted by Gasteiger charge is -2.34. The van der Waals surface area contributed by atoms with E-state index in [-0.39, 0.29) is 5.91 Å². The largest absolute Gasteiger partial charge is 0.493 e. The number of carbonyl (C=O) groups is 1. The van der Waals surface area contributed by atoms with Crippen molar-refractivity contribution >= 4 is 12.0 Å². The monoisotopic (exact) mass is 381 g/mol. The molecule has 1 saturated heterocycles. The average Bonchev–Trinajstić information content (AvgIpc) is 2.74. The summed E-state index contributed by atoms with van der Waals surface area (Å²) in [5.74, 6) is 1.41. The maximum atomic E-state index is 12.5. The van der Waals surface area contributed by atoms with Gasteiger partial charge in [-0.1, -0.05) is 6.07 Å². The van der Waals surface area contributed by atoms with Crippen molar-refractivity contribution < 1.29 is 14.3 Å². The van der Waals surface area contributed by atoms with Crippen molar-refractivity contribution in [2.24, 2.45) is 0 Å². The topological polar surface area (TPSA) is 54.9 Å². The van der Waals surface area contributed by atoms with Gasteiger partial charge < -0.3 is 14.4 Å². The van der Waals surface area contributed by atoms with Gasteiger partial charge in [-0.05, 0) is 48.4 Å². The lowest BCUT2D eigenvalue weighted by Crippen LogP contribution is -2.47. The van der Waals surface area contributed by atoms with E-state index in [9.17, 15) is 4.79 Å². The molecule has 6 nitrogen and oxygen atoms in total. The number of pyridine rings is 1. The standard InChI is InChI=1S/C22H27N3O3/c1-3-28-21-16-18(4-6-20(21)27-2)5-7-22(26)25-14-12-24(13-15-25)17-19-8-10-23-11-9-19/h4-11,16H,3,12-15,17H2,1-2H3/b7-5+. The van der Waals surface area contributed by atoms with Crippen LogP contribution in [0.2, 0.25) is 0 Å². The minimum absolute atomic E-state index is 0.0392. The molecule has 1 aromatic heterocycles. The normalized spacial score (nSPS) is 15.0. The van der Waals surface area contributed by atoms with Crippen LogP contribution in [0, 0.1) is 0 Å². The predicted octanol–water partition coefficient (Wildman–Crippen LogP) is 2.85. The Morgan fingerprint density at radius 3 is 2.54 bits per heavy atom. The van der Waals surface area contributed by atoms with Crippen molar-refractivity contribution in [3.63, 3.8) is 0 Å². The van der Waals surface area contributed by atoms with E-state index < -0.39 is 0 Å². The Kier molecular flexibility index (Phi) is 7.03. The molecule has 1 aliphatic rings. The molecule has 148 valence electrons. The number of hydrogen-bond donors (Lipinski definition) is 0. The van der Waals surface area contributed by atoms with Crippen LogP contribution in [0.3, 0.4) is 0 Å². The third-order valence-electron chi connectivity index (χ3n) is 4.75. The minimum Gasteiger partial charge on any atom is -0.493 e. The molecule has 28 heavy (non-hydrogen) atoms. The van der Waals surface area contributed by atoms with Crippen molar-refractivity contribution in [1.82, 2.24) is 14.8 Å². The van der Waals surface area contributed by atoms with E-state index in [1.165, 1.54) is 5.56 Å². The smallest absolute Gasteiger partial charge is 0.246 e. The molecule has 1 aromatic carbocycles. The molecule has 0 spiro atoms. The summed E-state index contributed by atoms with van der Waals surface area (Å²) in [5, 5.41) is 0. The van der Waals surface area contributed by atoms with Gasteiger partial charge in [-0.15, -0.1) is 0 Å². The number of carbonyl (C=O) groups excluding carboxylic acids is 1. The van der Waals surface area contributed by atoms with Crippen molar-refractivity contribution in [1.29, 1.82) is 0 Å². The fourth-order valence-electron chi connectivity index (χ4n) is 3.21. The van der Waals surface area contributed by atoms with Crippen LogP contribution < -0.4 is 9.47 Å². The van der Waals surface area contributed by atoms with Crippen LogP contribution in [0.25, 0.3) is 6.08 Å². The number of ether oxygens (including phenoxy) is 2. The fourth-order valence-corrected chi connectivity index (χ4v) is 3.21. The van der Waals surface area contributed by atoms with Gasteiger partial charge >= 0.3 is 0 Å². The molecule has 6 heteroatoms. The number of amides is 1. The van der Waals surface area contributed by atoms with Gasteiger partial charge in [0.2, 0.25) is 5.91 Å². The highest BCUT2D eigenvalue weighted by Gasteiger charge is 2.19. The van der Waals surface area contributed by atoms with E-state index >= 15 is 0 Å². The molecular weight excluding hydrogens is 354 g/mol. The zero-order chi connectivity index (χ0) is 19.8. The van der Waals surface area contributed by atoms with Gasteiger partial charge in [0.15, 0.2) is 11.5 Å². The van der Waals surface area contributed by atoms with Gasteiger partial charge in [0, 0.05) is 51.2 Å². The second-order valence-corrected chi connectivity index (χ2v) is 6.63. The minimum atomic E-state index is 0.0392. The predicted molar refractivity (Wildman–Crippen MR) is 109 cm³/mol. The first kappa shape index (κ1) is 19.9. The highest BCUT2D eigenvalue weighted by atomic mass is 16.5. The molecule has 1 aliphatic heterocycles. The molecule has 0 unspecified atom stereocenters. The van der Waals surface area contributed by atoms with Crippen molar-refractivity contribution in [3.8, 4) is 11.5 Å². The first-order chi connectivity index (χ1) is 13.7. The van der Waals surface area contributed by atoms with Crippen LogP contribution in [0.15, 0.2) is 48.8 Å². The van der Waals surface area contributed by atoms with E-state index in [0.717, 1.165) is 38.3 Å². The third kappa shape index (κ3) is 5.33. The van der Waals surface area contributed by atoms with Crippen LogP contribution in [0.1, 0.15) is 18.1 Å². The lowest BCUT2D eigenvalue weighted by molar-refractivity contribution is -0.127. The van der Waals surface area contributed by atoms with Gasteiger partial charge in [0.1, 0.15) is 0 Å². The Bertz CT molecular complexity index is 800. The molecule has 0 N–H and O–H groups in total. The number of rotatable bonds is 7. The molecule has 0 radical (unpaired) electrons. The molecule has 2 aromatic rings. The van der Waals surface area contributed by atoms with Gasteiger partial charge in [0.25, 0.3) is 0 Å². The first-order valence-electron chi connectivity index (χ1n) is 9.58. The van der Waals surface area contributed by atoms with Crippen LogP contribution >= 0.6 is 0 Å². The lowest BCUT2D eigenvalue weighted by atomic mass is 10.1. The molecule has 0 saturated carbocycles. The highest BCUT2D eigenvalue weighted by molar-refractivity contribution is 5.92. The van der Waals surface area contributed by atoms with Crippen LogP contribution in [-0.2, 0) is 11.3 Å². The second kappa shape index (κ2) is 9.90. The summed E-state index contributed by atoms with van der Waals surface area (Å²) in [4.78, 5) is 20.8. The SMILES string of the molecule is CCOc1cc(/C=C/C(=O)N2CCN(Cc3ccncc3)CC2)ccc1OC. The molecule has 3 rings (SSSR count). The molecule has 0 aliphatic carbocycles. The molecule has 0 bridgehead atoms. The van der Waals surface area contributed by atoms with E-state index in [1.807, 2.05) is 60.6 Å². The first-order valence-corrected chi connectivity index (χ1v) is 9.58. The highest BCUT2D eigenvalue weighted by Crippen LogP contribution is 2.28. The molecule has 0 atom stereocenters. The summed E-state index contributed by atoms with van der Waals surface area (Å²) >= 11 is 0. The number of nitrogens with zero attached hydrogens (tertiary/aromatic N) is 3. The maximum absolute atomic E-state index is 12.5. The van der Waals surface area contributed by atoms with Gasteiger partial charge in [-0.25, -0.2) is 0 Å². The quantitative estimate of drug-likeness (QED) is 0.691. The third-order valence-corrected chi connectivity index (χ3v) is 4.75. The average molecular weight is 381 g/mol. The van der Waals surface area contributed by atoms with Crippen LogP contribution in [-0.4, -0.2) is 60.6 Å². The maximum Gasteiger partial charge on any atom is 0.246 e. The summed E-state index contributed by atoms with van der Waals surface area (Å²) in [6.45, 7) is 6.61. The molecule has 1 amide bonds. The Labute approximate surface area is 166 Å². The Hall–Kier alpha value is -2.86. The summed E-state index contributed by atoms with van der Waals surface area (Å²) < 4.78 is 10.9. The van der Waals surface area contributed by atoms with E-state index in [2.05, 4.69) is 9.88 Å². The Morgan fingerprint density at radius 2 is 1.86 bits per heavy atom. The Balaban J connectivity index is 1.53. The van der Waals surface area contributed by atoms with Gasteiger partial charge in [-0.3, -0.25) is 14.7 Å². The van der Waals surface area contributed by atoms with Gasteiger partial charge in [-0.2, -0.15) is 0 Å². The Morgan fingerprint density at radius 1 is 1.11 bits per heavy atom. The van der Waals surface area contributed by atoms with E-state index in [0.29, 0.717) is 18.1 Å². The van der Waals surface area contributed by atoms with Crippen molar-refractivity contribution in [3.05, 3.63) is 59.9 Å². The number of piperazine rings is 1. The molecule has 1 fully saturated rings. The summed E-state index contributed by atoms with van der Waals surface area (Å²) in [6, 6.07) is 9.72. The summed E-state index contributed by atoms with van der Waals surface area (Å²) in [6.07, 6.45) is 7.09. The van der Waals surface area contributed by atoms with Crippen molar-refractivity contribution in [2.75, 3.05) is 39.9 Å². The zero-order valence-corrected chi connectivity index (χ0v) is 16.5.